The van der Waals surface area contributed by atoms with Gasteiger partial charge in [0.15, 0.2) is 11.3 Å². The molecule has 0 radical (unpaired) electrons. The summed E-state index contributed by atoms with van der Waals surface area (Å²) >= 11 is 0. The minimum atomic E-state index is -0.976. The number of nitrogens with zero attached hydrogens (tertiary/aromatic N) is 5. The molecule has 3 unspecified atom stereocenters. The second kappa shape index (κ2) is 9.84. The summed E-state index contributed by atoms with van der Waals surface area (Å²) < 4.78 is 3.84. The topological polar surface area (TPSA) is 132 Å². The molecule has 3 N–H and O–H groups in total. The van der Waals surface area contributed by atoms with Gasteiger partial charge in [0.1, 0.15) is 5.82 Å². The van der Waals surface area contributed by atoms with Crippen molar-refractivity contribution in [1.29, 1.82) is 0 Å². The molecule has 11 heteroatoms. The smallest absolute Gasteiger partial charge is 0.250 e. The largest absolute Gasteiger partial charge is 0.595 e. The lowest BCUT2D eigenvalue weighted by atomic mass is 9.70. The van der Waals surface area contributed by atoms with Gasteiger partial charge in [0.2, 0.25) is 5.91 Å². The fourth-order valence-corrected chi connectivity index (χ4v) is 7.14. The lowest BCUT2D eigenvalue weighted by molar-refractivity contribution is -0.991. The molecular weight excluding hydrogens is 510 g/mol. The van der Waals surface area contributed by atoms with Crippen molar-refractivity contribution in [3.63, 3.8) is 0 Å². The molecule has 2 bridgehead atoms. The Hall–Kier alpha value is -4.06. The number of rotatable bonds is 6. The normalized spacial score (nSPS) is 23.7. The molecule has 3 aromatic heterocycles. The van der Waals surface area contributed by atoms with E-state index in [1.54, 1.807) is 18.2 Å². The lowest BCUT2D eigenvalue weighted by Gasteiger charge is -2.54. The van der Waals surface area contributed by atoms with Gasteiger partial charge in [-0.1, -0.05) is 12.1 Å². The van der Waals surface area contributed by atoms with Gasteiger partial charge < -0.3 is 20.0 Å². The Labute approximate surface area is 230 Å². The SMILES string of the molecule is O=C(NCCCc1nnc2ccccn12)[C@@H]1Cc2cc([NH+]([O-])O)ccc2N2CC3CC(Cn4c3cccc4=O)[C@@H]12. The van der Waals surface area contributed by atoms with E-state index in [-0.39, 0.29) is 40.9 Å². The Balaban J connectivity index is 1.14. The highest BCUT2D eigenvalue weighted by Crippen LogP contribution is 2.47. The third-order valence-electron chi connectivity index (χ3n) is 8.85. The van der Waals surface area contributed by atoms with Gasteiger partial charge in [-0.05, 0) is 55.0 Å². The number of fused-ring (bicyclic) bond motifs is 9. The van der Waals surface area contributed by atoms with Crippen molar-refractivity contribution in [2.75, 3.05) is 18.0 Å². The molecule has 1 aromatic carbocycles. The summed E-state index contributed by atoms with van der Waals surface area (Å²) in [5.41, 5.74) is 3.96. The monoisotopic (exact) mass is 541 g/mol. The fourth-order valence-electron chi connectivity index (χ4n) is 7.14. The highest BCUT2D eigenvalue weighted by molar-refractivity contribution is 5.82. The minimum Gasteiger partial charge on any atom is -0.595 e. The number of amides is 1. The molecule has 3 aliphatic heterocycles. The van der Waals surface area contributed by atoms with Crippen LogP contribution in [0.1, 0.15) is 35.8 Å². The standard InChI is InChI=1S/C29H31N7O4/c37-27-8-3-5-23-19-13-20(17-34(23)27)28-22(15-18-14-21(36(39)40)9-10-24(18)35(28)16-19)29(38)30-11-4-7-26-32-31-25-6-1-2-12-33(25)26/h1-3,5-6,8-10,12,14,19-20,22,28,36,39H,4,7,11,13,15-17H2,(H,30,38)/t19?,20?,22-,28+/m1/s1. The maximum Gasteiger partial charge on any atom is 0.250 e. The number of quaternary nitrogens is 1. The third-order valence-corrected chi connectivity index (χ3v) is 8.85. The van der Waals surface area contributed by atoms with Gasteiger partial charge in [0.25, 0.3) is 5.56 Å². The first kappa shape index (κ1) is 24.9. The number of aryl methyl sites for hydroxylation is 1. The number of pyridine rings is 2. The molecule has 40 heavy (non-hydrogen) atoms. The Morgan fingerprint density at radius 3 is 2.90 bits per heavy atom. The first-order valence-corrected chi connectivity index (χ1v) is 13.9. The van der Waals surface area contributed by atoms with Gasteiger partial charge in [0, 0.05) is 73.8 Å². The van der Waals surface area contributed by atoms with Crippen molar-refractivity contribution in [2.24, 2.45) is 11.8 Å². The number of carbonyl (C=O) groups is 1. The zero-order chi connectivity index (χ0) is 27.4. The van der Waals surface area contributed by atoms with E-state index in [1.165, 1.54) is 0 Å². The molecular formula is C29H31N7O4. The Morgan fingerprint density at radius 2 is 2.02 bits per heavy atom. The molecule has 0 spiro atoms. The van der Waals surface area contributed by atoms with Gasteiger partial charge in [-0.2, -0.15) is 5.23 Å². The van der Waals surface area contributed by atoms with Crippen molar-refractivity contribution in [3.8, 4) is 0 Å². The van der Waals surface area contributed by atoms with Crippen LogP contribution in [0.3, 0.4) is 0 Å². The lowest BCUT2D eigenvalue weighted by Crippen LogP contribution is -2.99. The van der Waals surface area contributed by atoms with Crippen LogP contribution in [0, 0.1) is 17.0 Å². The molecule has 0 saturated carbocycles. The van der Waals surface area contributed by atoms with Crippen LogP contribution >= 0.6 is 0 Å². The summed E-state index contributed by atoms with van der Waals surface area (Å²) in [4.78, 5) is 28.8. The quantitative estimate of drug-likeness (QED) is 0.247. The molecule has 6 heterocycles. The summed E-state index contributed by atoms with van der Waals surface area (Å²) in [7, 11) is 0. The van der Waals surface area contributed by atoms with Crippen LogP contribution in [-0.4, -0.2) is 49.4 Å². The number of anilines is 1. The Kier molecular flexibility index (Phi) is 6.14. The molecule has 1 fully saturated rings. The molecule has 5 atom stereocenters. The van der Waals surface area contributed by atoms with Crippen molar-refractivity contribution in [3.05, 3.63) is 93.4 Å². The predicted molar refractivity (Wildman–Crippen MR) is 146 cm³/mol. The van der Waals surface area contributed by atoms with E-state index in [4.69, 9.17) is 0 Å². The Bertz CT molecular complexity index is 1650. The van der Waals surface area contributed by atoms with E-state index in [0.717, 1.165) is 41.3 Å². The van der Waals surface area contributed by atoms with Crippen LogP contribution in [-0.2, 0) is 24.2 Å². The summed E-state index contributed by atoms with van der Waals surface area (Å²) in [6.07, 6.45) is 4.73. The number of carbonyl (C=O) groups excluding carboxylic acids is 1. The number of aromatic nitrogens is 4. The summed E-state index contributed by atoms with van der Waals surface area (Å²) in [5.74, 6) is 0.787. The van der Waals surface area contributed by atoms with E-state index in [9.17, 15) is 20.0 Å². The van der Waals surface area contributed by atoms with Gasteiger partial charge in [0.05, 0.1) is 5.92 Å². The summed E-state index contributed by atoms with van der Waals surface area (Å²) in [5, 5.41) is 32.0. The molecule has 7 rings (SSSR count). The summed E-state index contributed by atoms with van der Waals surface area (Å²) in [6.45, 7) is 1.77. The van der Waals surface area contributed by atoms with Crippen molar-refractivity contribution in [1.82, 2.24) is 24.5 Å². The van der Waals surface area contributed by atoms with E-state index in [2.05, 4.69) is 20.4 Å². The van der Waals surface area contributed by atoms with Gasteiger partial charge in [-0.3, -0.25) is 14.0 Å². The highest BCUT2D eigenvalue weighted by atomic mass is 16.8. The number of hydrogen-bond donors (Lipinski definition) is 3. The van der Waals surface area contributed by atoms with E-state index < -0.39 is 5.23 Å². The van der Waals surface area contributed by atoms with E-state index >= 15 is 0 Å². The number of piperidine rings is 1. The van der Waals surface area contributed by atoms with Crippen molar-refractivity contribution < 1.29 is 15.2 Å². The minimum absolute atomic E-state index is 0.00460. The van der Waals surface area contributed by atoms with Crippen LogP contribution in [0.25, 0.3) is 5.65 Å². The Morgan fingerprint density at radius 1 is 1.12 bits per heavy atom. The highest BCUT2D eigenvalue weighted by Gasteiger charge is 2.49. The molecule has 3 aliphatic rings. The average molecular weight is 542 g/mol. The van der Waals surface area contributed by atoms with E-state index in [1.807, 2.05) is 51.6 Å². The third kappa shape index (κ3) is 4.17. The van der Waals surface area contributed by atoms with Crippen LogP contribution < -0.4 is 21.0 Å². The van der Waals surface area contributed by atoms with Crippen LogP contribution in [0.5, 0.6) is 0 Å². The maximum absolute atomic E-state index is 13.8. The van der Waals surface area contributed by atoms with Gasteiger partial charge in [-0.15, -0.1) is 10.2 Å². The predicted octanol–water partition coefficient (Wildman–Crippen LogP) is 1.21. The van der Waals surface area contributed by atoms with Crippen LogP contribution in [0.15, 0.2) is 65.6 Å². The first-order chi connectivity index (χ1) is 19.5. The molecule has 1 saturated heterocycles. The molecule has 4 aromatic rings. The first-order valence-electron chi connectivity index (χ1n) is 13.9. The van der Waals surface area contributed by atoms with Crippen LogP contribution in [0.4, 0.5) is 11.4 Å². The number of benzene rings is 1. The zero-order valence-electron chi connectivity index (χ0n) is 21.9. The number of nitrogens with one attached hydrogen (secondary N) is 2. The maximum atomic E-state index is 13.8. The zero-order valence-corrected chi connectivity index (χ0v) is 21.9. The van der Waals surface area contributed by atoms with Crippen molar-refractivity contribution in [2.45, 2.75) is 44.2 Å². The van der Waals surface area contributed by atoms with E-state index in [0.29, 0.717) is 32.5 Å². The second-order valence-corrected chi connectivity index (χ2v) is 11.1. The molecule has 206 valence electrons. The molecule has 11 nitrogen and oxygen atoms in total. The summed E-state index contributed by atoms with van der Waals surface area (Å²) in [6, 6.07) is 16.4. The molecule has 0 aliphatic carbocycles. The van der Waals surface area contributed by atoms with Gasteiger partial charge >= 0.3 is 0 Å². The average Bonchev–Trinajstić information content (AvgIpc) is 3.38. The van der Waals surface area contributed by atoms with Crippen molar-refractivity contribution >= 4 is 22.9 Å². The second-order valence-electron chi connectivity index (χ2n) is 11.1. The van der Waals surface area contributed by atoms with Crippen LogP contribution in [0.2, 0.25) is 0 Å². The fraction of sp³-hybridized carbons (Fsp3) is 0.379. The number of hydrogen-bond acceptors (Lipinski definition) is 7. The molecule has 1 amide bonds. The van der Waals surface area contributed by atoms with Gasteiger partial charge in [-0.25, -0.2) is 5.21 Å².